The molecule has 0 amide bonds. The van der Waals surface area contributed by atoms with Crippen LogP contribution in [0.2, 0.25) is 0 Å². The molecule has 0 radical (unpaired) electrons. The molecule has 1 aromatic carbocycles. The van der Waals surface area contributed by atoms with Crippen LogP contribution in [0.25, 0.3) is 10.4 Å². The third-order valence-corrected chi connectivity index (χ3v) is 2.94. The Morgan fingerprint density at radius 1 is 1.42 bits per heavy atom. The molecule has 0 spiro atoms. The highest BCUT2D eigenvalue weighted by molar-refractivity contribution is 5.48. The van der Waals surface area contributed by atoms with E-state index >= 15 is 0 Å². The largest absolute Gasteiger partial charge is 0.378 e. The predicted molar refractivity (Wildman–Crippen MR) is 75.7 cm³/mol. The fourth-order valence-corrected chi connectivity index (χ4v) is 1.70. The molecule has 0 aromatic heterocycles. The number of anilines is 1. The summed E-state index contributed by atoms with van der Waals surface area (Å²) in [7, 11) is 3.94. The van der Waals surface area contributed by atoms with E-state index in [1.807, 2.05) is 50.2 Å². The van der Waals surface area contributed by atoms with E-state index in [1.54, 1.807) is 0 Å². The Morgan fingerprint density at radius 3 is 2.53 bits per heavy atom. The molecule has 1 unspecified atom stereocenters. The molecule has 0 aliphatic rings. The Morgan fingerprint density at radius 2 is 2.05 bits per heavy atom. The van der Waals surface area contributed by atoms with Crippen LogP contribution >= 0.6 is 0 Å². The summed E-state index contributed by atoms with van der Waals surface area (Å²) in [6.07, 6.45) is 0. The van der Waals surface area contributed by atoms with Crippen LogP contribution in [0.5, 0.6) is 0 Å². The number of hydrogen-bond acceptors (Lipinski definition) is 4. The second-order valence-electron chi connectivity index (χ2n) is 4.56. The zero-order valence-electron chi connectivity index (χ0n) is 11.5. The van der Waals surface area contributed by atoms with Gasteiger partial charge in [-0.25, -0.2) is 0 Å². The standard InChI is InChI=1S/C13H18N6/c1-13(10-14,16-8-9-17-18-15)11-4-6-12(7-5-11)19(2)3/h4-7,16H,8-9H2,1-3H3. The average Bonchev–Trinajstić information content (AvgIpc) is 2.43. The van der Waals surface area contributed by atoms with Gasteiger partial charge in [0.1, 0.15) is 5.54 Å². The summed E-state index contributed by atoms with van der Waals surface area (Å²) in [5, 5.41) is 15.9. The number of nitrogens with one attached hydrogen (secondary N) is 1. The Balaban J connectivity index is 2.83. The van der Waals surface area contributed by atoms with Gasteiger partial charge >= 0.3 is 0 Å². The summed E-state index contributed by atoms with van der Waals surface area (Å²) in [6, 6.07) is 10.1. The molecule has 100 valence electrons. The molecular formula is C13H18N6. The molecular weight excluding hydrogens is 240 g/mol. The third-order valence-electron chi connectivity index (χ3n) is 2.94. The van der Waals surface area contributed by atoms with Crippen LogP contribution in [0.1, 0.15) is 12.5 Å². The van der Waals surface area contributed by atoms with Gasteiger partial charge in [0, 0.05) is 37.8 Å². The number of hydrogen-bond donors (Lipinski definition) is 1. The van der Waals surface area contributed by atoms with Crippen molar-refractivity contribution in [3.05, 3.63) is 40.3 Å². The maximum Gasteiger partial charge on any atom is 0.129 e. The number of benzene rings is 1. The fourth-order valence-electron chi connectivity index (χ4n) is 1.70. The topological polar surface area (TPSA) is 87.8 Å². The van der Waals surface area contributed by atoms with Crippen LogP contribution < -0.4 is 10.2 Å². The van der Waals surface area contributed by atoms with E-state index in [-0.39, 0.29) is 0 Å². The molecule has 0 aliphatic heterocycles. The van der Waals surface area contributed by atoms with Crippen LogP contribution in [-0.4, -0.2) is 27.2 Å². The first-order valence-electron chi connectivity index (χ1n) is 5.98. The van der Waals surface area contributed by atoms with Crippen molar-refractivity contribution in [1.82, 2.24) is 5.32 Å². The lowest BCUT2D eigenvalue weighted by atomic mass is 9.93. The average molecular weight is 258 g/mol. The molecule has 6 nitrogen and oxygen atoms in total. The van der Waals surface area contributed by atoms with Gasteiger partial charge in [-0.05, 0) is 30.2 Å². The Labute approximate surface area is 113 Å². The molecule has 0 saturated carbocycles. The first kappa shape index (κ1) is 14.8. The zero-order valence-corrected chi connectivity index (χ0v) is 11.5. The molecule has 0 saturated heterocycles. The van der Waals surface area contributed by atoms with Crippen LogP contribution in [0.4, 0.5) is 5.69 Å². The van der Waals surface area contributed by atoms with E-state index in [0.717, 1.165) is 11.3 Å². The van der Waals surface area contributed by atoms with Crippen LogP contribution in [0, 0.1) is 11.3 Å². The van der Waals surface area contributed by atoms with Crippen LogP contribution in [0.3, 0.4) is 0 Å². The van der Waals surface area contributed by atoms with E-state index in [4.69, 9.17) is 5.53 Å². The Kier molecular flexibility index (Phi) is 5.19. The van der Waals surface area contributed by atoms with E-state index in [0.29, 0.717) is 13.1 Å². The van der Waals surface area contributed by atoms with Gasteiger partial charge in [0.2, 0.25) is 0 Å². The van der Waals surface area contributed by atoms with Gasteiger partial charge < -0.3 is 4.90 Å². The van der Waals surface area contributed by atoms with Crippen LogP contribution in [-0.2, 0) is 5.54 Å². The summed E-state index contributed by atoms with van der Waals surface area (Å²) < 4.78 is 0. The van der Waals surface area contributed by atoms with Gasteiger partial charge in [-0.15, -0.1) is 0 Å². The SMILES string of the molecule is CN(C)c1ccc(C(C)(C#N)NCCN=[N+]=[N-])cc1. The first-order chi connectivity index (χ1) is 9.03. The minimum absolute atomic E-state index is 0.323. The van der Waals surface area contributed by atoms with Gasteiger partial charge in [-0.2, -0.15) is 5.26 Å². The van der Waals surface area contributed by atoms with Gasteiger partial charge in [-0.1, -0.05) is 17.2 Å². The molecule has 1 N–H and O–H groups in total. The zero-order chi connectivity index (χ0) is 14.3. The van der Waals surface area contributed by atoms with Gasteiger partial charge in [0.25, 0.3) is 0 Å². The number of azide groups is 1. The molecule has 6 heteroatoms. The van der Waals surface area contributed by atoms with Crippen LogP contribution in [0.15, 0.2) is 29.4 Å². The van der Waals surface area contributed by atoms with Crippen molar-refractivity contribution in [1.29, 1.82) is 5.26 Å². The van der Waals surface area contributed by atoms with Crippen molar-refractivity contribution in [2.45, 2.75) is 12.5 Å². The quantitative estimate of drug-likeness (QED) is 0.368. The second-order valence-corrected chi connectivity index (χ2v) is 4.56. The third kappa shape index (κ3) is 3.88. The summed E-state index contributed by atoms with van der Waals surface area (Å²) >= 11 is 0. The lowest BCUT2D eigenvalue weighted by molar-refractivity contribution is 0.473. The minimum atomic E-state index is -0.782. The molecule has 0 bridgehead atoms. The highest BCUT2D eigenvalue weighted by Crippen LogP contribution is 2.22. The minimum Gasteiger partial charge on any atom is -0.378 e. The molecule has 1 aromatic rings. The fraction of sp³-hybridized carbons (Fsp3) is 0.462. The maximum atomic E-state index is 9.35. The van der Waals surface area contributed by atoms with E-state index in [9.17, 15) is 5.26 Å². The van der Waals surface area contributed by atoms with Crippen molar-refractivity contribution in [3.8, 4) is 6.07 Å². The maximum absolute atomic E-state index is 9.35. The Hall–Kier alpha value is -2.22. The normalized spacial score (nSPS) is 12.9. The lowest BCUT2D eigenvalue weighted by Crippen LogP contribution is -2.39. The van der Waals surface area contributed by atoms with Crippen molar-refractivity contribution in [3.63, 3.8) is 0 Å². The van der Waals surface area contributed by atoms with Gasteiger partial charge in [0.05, 0.1) is 6.07 Å². The van der Waals surface area contributed by atoms with Gasteiger partial charge in [0.15, 0.2) is 0 Å². The highest BCUT2D eigenvalue weighted by Gasteiger charge is 2.25. The first-order valence-corrected chi connectivity index (χ1v) is 5.98. The monoisotopic (exact) mass is 258 g/mol. The summed E-state index contributed by atoms with van der Waals surface area (Å²) in [5.74, 6) is 0. The second kappa shape index (κ2) is 6.64. The molecule has 0 heterocycles. The summed E-state index contributed by atoms with van der Waals surface area (Å²) in [4.78, 5) is 4.68. The highest BCUT2D eigenvalue weighted by atomic mass is 15.1. The summed E-state index contributed by atoms with van der Waals surface area (Å²) in [6.45, 7) is 2.60. The van der Waals surface area contributed by atoms with Crippen molar-refractivity contribution < 1.29 is 0 Å². The number of nitrogens with zero attached hydrogens (tertiary/aromatic N) is 5. The van der Waals surface area contributed by atoms with Crippen molar-refractivity contribution in [2.24, 2.45) is 5.11 Å². The Bertz CT molecular complexity index is 495. The van der Waals surface area contributed by atoms with E-state index < -0.39 is 5.54 Å². The molecule has 1 atom stereocenters. The molecule has 1 rings (SSSR count). The van der Waals surface area contributed by atoms with E-state index in [2.05, 4.69) is 21.4 Å². The lowest BCUT2D eigenvalue weighted by Gasteiger charge is -2.24. The molecule has 0 aliphatic carbocycles. The van der Waals surface area contributed by atoms with Crippen molar-refractivity contribution >= 4 is 5.69 Å². The molecule has 0 fully saturated rings. The predicted octanol–water partition coefficient (Wildman–Crippen LogP) is 2.39. The smallest absolute Gasteiger partial charge is 0.129 e. The number of nitriles is 1. The van der Waals surface area contributed by atoms with E-state index in [1.165, 1.54) is 0 Å². The molecule has 19 heavy (non-hydrogen) atoms. The van der Waals surface area contributed by atoms with Crippen molar-refractivity contribution in [2.75, 3.05) is 32.1 Å². The van der Waals surface area contributed by atoms with Gasteiger partial charge in [-0.3, -0.25) is 5.32 Å². The number of rotatable bonds is 6. The summed E-state index contributed by atoms with van der Waals surface area (Å²) in [5.41, 5.74) is 9.40.